The molecule has 0 aliphatic heterocycles. The number of hydrogen-bond acceptors (Lipinski definition) is 4. The lowest BCUT2D eigenvalue weighted by atomic mass is 10.0. The van der Waals surface area contributed by atoms with Crippen molar-refractivity contribution < 1.29 is 14.3 Å². The lowest BCUT2D eigenvalue weighted by Gasteiger charge is -2.11. The number of hydrogen-bond donors (Lipinski definition) is 1. The molecule has 2 aromatic rings. The molecular formula is C20H23NO3. The highest BCUT2D eigenvalue weighted by Gasteiger charge is 2.11. The van der Waals surface area contributed by atoms with Gasteiger partial charge in [-0.25, -0.2) is 0 Å². The molecule has 2 rings (SSSR count). The molecule has 126 valence electrons. The number of Topliss-reactive ketones (excluding diaryl/α,β-unsaturated/α-hetero) is 1. The number of benzene rings is 2. The van der Waals surface area contributed by atoms with Gasteiger partial charge in [0.2, 0.25) is 0 Å². The lowest BCUT2D eigenvalue weighted by molar-refractivity contribution is -0.111. The van der Waals surface area contributed by atoms with Crippen LogP contribution in [0.3, 0.4) is 0 Å². The fourth-order valence-electron chi connectivity index (χ4n) is 2.38. The predicted molar refractivity (Wildman–Crippen MR) is 97.7 cm³/mol. The number of carbonyl (C=O) groups excluding carboxylic acids is 1. The van der Waals surface area contributed by atoms with Crippen LogP contribution in [0.25, 0.3) is 5.57 Å². The van der Waals surface area contributed by atoms with E-state index in [0.29, 0.717) is 17.1 Å². The topological polar surface area (TPSA) is 47.6 Å². The highest BCUT2D eigenvalue weighted by Crippen LogP contribution is 2.30. The van der Waals surface area contributed by atoms with E-state index >= 15 is 0 Å². The van der Waals surface area contributed by atoms with Gasteiger partial charge in [0.05, 0.1) is 14.2 Å². The number of carbonyl (C=O) groups is 1. The van der Waals surface area contributed by atoms with Crippen molar-refractivity contribution in [2.45, 2.75) is 20.8 Å². The first kappa shape index (κ1) is 17.6. The normalized spacial score (nSPS) is 11.1. The van der Waals surface area contributed by atoms with E-state index in [0.717, 1.165) is 11.3 Å². The summed E-state index contributed by atoms with van der Waals surface area (Å²) in [7, 11) is 3.16. The quantitative estimate of drug-likeness (QED) is 0.802. The number of allylic oxidation sites excluding steroid dienone is 1. The summed E-state index contributed by atoms with van der Waals surface area (Å²) >= 11 is 0. The fourth-order valence-corrected chi connectivity index (χ4v) is 2.38. The first-order valence-corrected chi connectivity index (χ1v) is 7.73. The van der Waals surface area contributed by atoms with E-state index < -0.39 is 0 Å². The van der Waals surface area contributed by atoms with Gasteiger partial charge in [0.25, 0.3) is 0 Å². The number of methoxy groups -OCH3 is 2. The molecule has 24 heavy (non-hydrogen) atoms. The average molecular weight is 325 g/mol. The van der Waals surface area contributed by atoms with Crippen molar-refractivity contribution in [2.24, 2.45) is 0 Å². The molecule has 4 heteroatoms. The fraction of sp³-hybridized carbons (Fsp3) is 0.250. The number of rotatable bonds is 6. The maximum absolute atomic E-state index is 12.1. The Morgan fingerprint density at radius 1 is 0.958 bits per heavy atom. The molecule has 4 nitrogen and oxygen atoms in total. The molecule has 0 aromatic heterocycles. The zero-order valence-electron chi connectivity index (χ0n) is 14.8. The summed E-state index contributed by atoms with van der Waals surface area (Å²) in [5.41, 5.74) is 4.73. The zero-order chi connectivity index (χ0) is 17.7. The van der Waals surface area contributed by atoms with Crippen LogP contribution in [0, 0.1) is 13.8 Å². The maximum atomic E-state index is 12.1. The molecule has 0 saturated heterocycles. The van der Waals surface area contributed by atoms with Crippen molar-refractivity contribution in [3.05, 3.63) is 59.3 Å². The molecule has 0 amide bonds. The van der Waals surface area contributed by atoms with Crippen LogP contribution < -0.4 is 14.8 Å². The Balaban J connectivity index is 2.35. The van der Waals surface area contributed by atoms with Crippen molar-refractivity contribution in [1.82, 2.24) is 0 Å². The Labute approximate surface area is 143 Å². The first-order valence-electron chi connectivity index (χ1n) is 7.73. The molecule has 0 atom stereocenters. The Kier molecular flexibility index (Phi) is 5.64. The molecule has 0 saturated carbocycles. The van der Waals surface area contributed by atoms with E-state index in [9.17, 15) is 4.79 Å². The van der Waals surface area contributed by atoms with Crippen molar-refractivity contribution >= 4 is 17.0 Å². The molecule has 0 bridgehead atoms. The summed E-state index contributed by atoms with van der Waals surface area (Å²) in [6.45, 7) is 5.68. The molecular weight excluding hydrogens is 302 g/mol. The minimum Gasteiger partial charge on any atom is -0.493 e. The van der Waals surface area contributed by atoms with Gasteiger partial charge in [0, 0.05) is 17.5 Å². The number of aryl methyl sites for hydroxylation is 2. The van der Waals surface area contributed by atoms with Crippen LogP contribution in [0.2, 0.25) is 0 Å². The maximum Gasteiger partial charge on any atom is 0.161 e. The minimum absolute atomic E-state index is 0.0291. The van der Waals surface area contributed by atoms with Gasteiger partial charge in [0.15, 0.2) is 17.3 Å². The second-order valence-corrected chi connectivity index (χ2v) is 5.63. The molecule has 2 aromatic carbocycles. The van der Waals surface area contributed by atoms with Gasteiger partial charge in [-0.05, 0) is 61.7 Å². The summed E-state index contributed by atoms with van der Waals surface area (Å²) < 4.78 is 10.6. The average Bonchev–Trinajstić information content (AvgIpc) is 2.57. The van der Waals surface area contributed by atoms with Crippen LogP contribution in [0.15, 0.2) is 42.6 Å². The number of anilines is 1. The van der Waals surface area contributed by atoms with Gasteiger partial charge in [-0.15, -0.1) is 0 Å². The van der Waals surface area contributed by atoms with Gasteiger partial charge >= 0.3 is 0 Å². The van der Waals surface area contributed by atoms with Gasteiger partial charge in [-0.3, -0.25) is 4.79 Å². The SMILES string of the molecule is COc1ccc(C(=CNc2ccc(C)c(C)c2)C(C)=O)cc1OC. The van der Waals surface area contributed by atoms with E-state index in [1.165, 1.54) is 11.1 Å². The van der Waals surface area contributed by atoms with Gasteiger partial charge in [-0.2, -0.15) is 0 Å². The van der Waals surface area contributed by atoms with Crippen LogP contribution >= 0.6 is 0 Å². The predicted octanol–water partition coefficient (Wildman–Crippen LogP) is 4.36. The van der Waals surface area contributed by atoms with Gasteiger partial charge < -0.3 is 14.8 Å². The van der Waals surface area contributed by atoms with Crippen LogP contribution in [0.5, 0.6) is 11.5 Å². The molecule has 0 aliphatic rings. The van der Waals surface area contributed by atoms with Crippen LogP contribution in [0.1, 0.15) is 23.6 Å². The van der Waals surface area contributed by atoms with Crippen LogP contribution in [-0.2, 0) is 4.79 Å². The summed E-state index contributed by atoms with van der Waals surface area (Å²) in [6.07, 6.45) is 1.73. The van der Waals surface area contributed by atoms with Crippen LogP contribution in [-0.4, -0.2) is 20.0 Å². The number of ketones is 1. The Hall–Kier alpha value is -2.75. The highest BCUT2D eigenvalue weighted by molar-refractivity contribution is 6.19. The van der Waals surface area contributed by atoms with E-state index in [1.54, 1.807) is 39.5 Å². The second kappa shape index (κ2) is 7.68. The van der Waals surface area contributed by atoms with E-state index in [4.69, 9.17) is 9.47 Å². The number of ether oxygens (including phenoxy) is 2. The Morgan fingerprint density at radius 2 is 1.67 bits per heavy atom. The van der Waals surface area contributed by atoms with Gasteiger partial charge in [0.1, 0.15) is 0 Å². The van der Waals surface area contributed by atoms with E-state index in [1.807, 2.05) is 12.1 Å². The molecule has 0 radical (unpaired) electrons. The van der Waals surface area contributed by atoms with Crippen molar-refractivity contribution in [1.29, 1.82) is 0 Å². The largest absolute Gasteiger partial charge is 0.493 e. The summed E-state index contributed by atoms with van der Waals surface area (Å²) in [5, 5.41) is 3.20. The zero-order valence-corrected chi connectivity index (χ0v) is 14.8. The van der Waals surface area contributed by atoms with E-state index in [2.05, 4.69) is 31.3 Å². The second-order valence-electron chi connectivity index (χ2n) is 5.63. The van der Waals surface area contributed by atoms with E-state index in [-0.39, 0.29) is 5.78 Å². The summed E-state index contributed by atoms with van der Waals surface area (Å²) in [5.74, 6) is 1.19. The van der Waals surface area contributed by atoms with Crippen molar-refractivity contribution in [3.63, 3.8) is 0 Å². The highest BCUT2D eigenvalue weighted by atomic mass is 16.5. The summed E-state index contributed by atoms with van der Waals surface area (Å²) in [4.78, 5) is 12.1. The van der Waals surface area contributed by atoms with Crippen molar-refractivity contribution in [2.75, 3.05) is 19.5 Å². The molecule has 0 spiro atoms. The Bertz CT molecular complexity index is 778. The van der Waals surface area contributed by atoms with Gasteiger partial charge in [-0.1, -0.05) is 12.1 Å². The third-order valence-corrected chi connectivity index (χ3v) is 3.96. The summed E-state index contributed by atoms with van der Waals surface area (Å²) in [6, 6.07) is 11.5. The smallest absolute Gasteiger partial charge is 0.161 e. The standard InChI is InChI=1S/C20H23NO3/c1-13-6-8-17(10-14(13)2)21-12-18(15(3)22)16-7-9-19(23-4)20(11-16)24-5/h6-12,21H,1-5H3. The molecule has 0 fully saturated rings. The third-order valence-electron chi connectivity index (χ3n) is 3.96. The molecule has 0 aliphatic carbocycles. The Morgan fingerprint density at radius 3 is 2.25 bits per heavy atom. The first-order chi connectivity index (χ1) is 11.5. The molecule has 0 unspecified atom stereocenters. The number of nitrogens with one attached hydrogen (secondary N) is 1. The minimum atomic E-state index is -0.0291. The lowest BCUT2D eigenvalue weighted by Crippen LogP contribution is -2.01. The third kappa shape index (κ3) is 3.96. The molecule has 0 heterocycles. The monoisotopic (exact) mass is 325 g/mol. The molecule has 1 N–H and O–H groups in total. The van der Waals surface area contributed by atoms with Crippen LogP contribution in [0.4, 0.5) is 5.69 Å². The van der Waals surface area contributed by atoms with Crippen molar-refractivity contribution in [3.8, 4) is 11.5 Å².